The van der Waals surface area contributed by atoms with Gasteiger partial charge in [0.2, 0.25) is 5.70 Å². The van der Waals surface area contributed by atoms with E-state index in [-0.39, 0.29) is 6.04 Å². The average molecular weight is 450 g/mol. The van der Waals surface area contributed by atoms with E-state index >= 15 is 0 Å². The maximum atomic E-state index is 13.3. The number of nitrogens with zero attached hydrogens (tertiary/aromatic N) is 3. The minimum atomic E-state index is -4.51. The zero-order valence-electron chi connectivity index (χ0n) is 18.9. The fraction of sp³-hybridized carbons (Fsp3) is 0.667. The van der Waals surface area contributed by atoms with Crippen LogP contribution in [-0.4, -0.2) is 59.1 Å². The van der Waals surface area contributed by atoms with Gasteiger partial charge in [-0.1, -0.05) is 6.92 Å². The van der Waals surface area contributed by atoms with E-state index in [1.54, 1.807) is 0 Å². The first kappa shape index (κ1) is 21.9. The van der Waals surface area contributed by atoms with Crippen molar-refractivity contribution in [3.63, 3.8) is 0 Å². The number of alkyl halides is 3. The lowest BCUT2D eigenvalue weighted by molar-refractivity contribution is -0.483. The normalized spacial score (nSPS) is 30.7. The van der Waals surface area contributed by atoms with Crippen LogP contribution < -0.4 is 5.73 Å². The predicted molar refractivity (Wildman–Crippen MR) is 117 cm³/mol. The summed E-state index contributed by atoms with van der Waals surface area (Å²) in [5.41, 5.74) is 7.25. The highest BCUT2D eigenvalue weighted by Gasteiger charge is 2.63. The summed E-state index contributed by atoms with van der Waals surface area (Å²) in [5, 5.41) is 0. The molecule has 2 saturated carbocycles. The summed E-state index contributed by atoms with van der Waals surface area (Å²) in [6, 6.07) is 2.01. The zero-order valence-corrected chi connectivity index (χ0v) is 18.9. The Morgan fingerprint density at radius 1 is 1.28 bits per heavy atom. The van der Waals surface area contributed by atoms with Crippen LogP contribution in [0.5, 0.6) is 0 Å². The molecule has 5 rings (SSSR count). The maximum absolute atomic E-state index is 13.3. The maximum Gasteiger partial charge on any atom is 0.419 e. The van der Waals surface area contributed by atoms with Crippen LogP contribution in [0.25, 0.3) is 5.70 Å². The van der Waals surface area contributed by atoms with Gasteiger partial charge < -0.3 is 15.4 Å². The quantitative estimate of drug-likeness (QED) is 0.642. The molecule has 3 atom stereocenters. The number of halogens is 3. The highest BCUT2D eigenvalue weighted by Crippen LogP contribution is 2.60. The van der Waals surface area contributed by atoms with Gasteiger partial charge in [0.25, 0.3) is 0 Å². The Bertz CT molecular complexity index is 956. The molecule has 8 heteroatoms. The Kier molecular flexibility index (Phi) is 5.36. The Labute approximate surface area is 187 Å². The van der Waals surface area contributed by atoms with Crippen LogP contribution in [0.15, 0.2) is 18.3 Å². The Hall–Kier alpha value is -1.93. The van der Waals surface area contributed by atoms with Crippen molar-refractivity contribution in [1.82, 2.24) is 9.88 Å². The van der Waals surface area contributed by atoms with Crippen LogP contribution in [0.1, 0.15) is 44.2 Å². The lowest BCUT2D eigenvalue weighted by Crippen LogP contribution is -2.42. The van der Waals surface area contributed by atoms with Gasteiger partial charge in [-0.3, -0.25) is 0 Å². The molecule has 3 heterocycles. The van der Waals surface area contributed by atoms with Crippen molar-refractivity contribution < 1.29 is 22.5 Å². The molecule has 5 nitrogen and oxygen atoms in total. The average Bonchev–Trinajstić information content (AvgIpc) is 3.14. The Morgan fingerprint density at radius 3 is 2.53 bits per heavy atom. The van der Waals surface area contributed by atoms with Crippen molar-refractivity contribution in [3.8, 4) is 0 Å². The number of fused-ring (bicyclic) bond motifs is 1. The molecule has 2 aliphatic heterocycles. The molecule has 2 aliphatic carbocycles. The third kappa shape index (κ3) is 3.65. The van der Waals surface area contributed by atoms with Gasteiger partial charge in [-0.05, 0) is 44.7 Å². The molecule has 4 aliphatic rings. The number of hydrogen-bond donors (Lipinski definition) is 1. The summed E-state index contributed by atoms with van der Waals surface area (Å²) in [6.45, 7) is 7.14. The second kappa shape index (κ2) is 7.83. The van der Waals surface area contributed by atoms with Gasteiger partial charge in [0.15, 0.2) is 11.8 Å². The first-order valence-electron chi connectivity index (χ1n) is 11.7. The lowest BCUT2D eigenvalue weighted by Gasteiger charge is -2.34. The summed E-state index contributed by atoms with van der Waals surface area (Å²) < 4.78 is 47.6. The highest BCUT2D eigenvalue weighted by atomic mass is 19.4. The van der Waals surface area contributed by atoms with Crippen LogP contribution in [0.3, 0.4) is 0 Å². The second-order valence-corrected chi connectivity index (χ2v) is 10.1. The Balaban J connectivity index is 1.31. The summed E-state index contributed by atoms with van der Waals surface area (Å²) in [4.78, 5) is 6.35. The summed E-state index contributed by atoms with van der Waals surface area (Å²) >= 11 is 0. The van der Waals surface area contributed by atoms with E-state index in [0.29, 0.717) is 35.3 Å². The number of nitrogens with two attached hydrogens (primary N) is 1. The van der Waals surface area contributed by atoms with E-state index in [9.17, 15) is 13.2 Å². The van der Waals surface area contributed by atoms with Gasteiger partial charge in [0.05, 0.1) is 36.3 Å². The van der Waals surface area contributed by atoms with Gasteiger partial charge in [0, 0.05) is 31.1 Å². The van der Waals surface area contributed by atoms with Gasteiger partial charge in [0.1, 0.15) is 5.82 Å². The van der Waals surface area contributed by atoms with Crippen LogP contribution in [0.4, 0.5) is 19.0 Å². The third-order valence-corrected chi connectivity index (χ3v) is 8.01. The number of pyridine rings is 1. The van der Waals surface area contributed by atoms with E-state index in [1.807, 2.05) is 0 Å². The zero-order chi connectivity index (χ0) is 22.8. The summed E-state index contributed by atoms with van der Waals surface area (Å²) in [6.07, 6.45) is 2.39. The topological polar surface area (TPSA) is 54.4 Å². The predicted octanol–water partition coefficient (Wildman–Crippen LogP) is 3.89. The Morgan fingerprint density at radius 2 is 1.97 bits per heavy atom. The van der Waals surface area contributed by atoms with Crippen LogP contribution in [0.2, 0.25) is 0 Å². The number of aromatic nitrogens is 1. The molecule has 2 N–H and O–H groups in total. The molecule has 1 aromatic heterocycles. The first-order valence-corrected chi connectivity index (χ1v) is 11.7. The molecule has 0 aromatic carbocycles. The molecule has 3 fully saturated rings. The SMILES string of the molecule is CCC(C)[N+]1=C(C2C3CC(N(C)CC4COC4)CC32)C=C1c1cnc(N)c(C(F)(F)F)c1. The van der Waals surface area contributed by atoms with Gasteiger partial charge in [-0.15, -0.1) is 0 Å². The summed E-state index contributed by atoms with van der Waals surface area (Å²) in [7, 11) is 2.23. The number of rotatable bonds is 7. The van der Waals surface area contributed by atoms with Crippen LogP contribution >= 0.6 is 0 Å². The van der Waals surface area contributed by atoms with Crippen molar-refractivity contribution >= 4 is 17.2 Å². The molecule has 1 aromatic rings. The number of ether oxygens (including phenoxy) is 1. The smallest absolute Gasteiger partial charge is 0.383 e. The third-order valence-electron chi connectivity index (χ3n) is 8.01. The minimum absolute atomic E-state index is 0.232. The molecular weight excluding hydrogens is 417 g/mol. The monoisotopic (exact) mass is 449 g/mol. The summed E-state index contributed by atoms with van der Waals surface area (Å²) in [5.74, 6) is 2.12. The fourth-order valence-corrected chi connectivity index (χ4v) is 5.91. The van der Waals surface area contributed by atoms with E-state index < -0.39 is 17.6 Å². The van der Waals surface area contributed by atoms with Crippen LogP contribution in [-0.2, 0) is 10.9 Å². The van der Waals surface area contributed by atoms with Crippen molar-refractivity contribution in [2.75, 3.05) is 32.5 Å². The molecule has 174 valence electrons. The van der Waals surface area contributed by atoms with Gasteiger partial charge in [-0.2, -0.15) is 17.7 Å². The van der Waals surface area contributed by atoms with Crippen molar-refractivity contribution in [2.45, 2.75) is 51.4 Å². The number of anilines is 1. The number of allylic oxidation sites excluding steroid dienone is 1. The first-order chi connectivity index (χ1) is 15.2. The highest BCUT2D eigenvalue weighted by molar-refractivity contribution is 6.06. The van der Waals surface area contributed by atoms with E-state index in [4.69, 9.17) is 10.5 Å². The van der Waals surface area contributed by atoms with Gasteiger partial charge >= 0.3 is 6.18 Å². The molecule has 0 bridgehead atoms. The molecular formula is C24H32F3N4O+. The van der Waals surface area contributed by atoms with Gasteiger partial charge in [-0.25, -0.2) is 4.98 Å². The van der Waals surface area contributed by atoms with Crippen molar-refractivity contribution in [3.05, 3.63) is 29.5 Å². The molecule has 1 saturated heterocycles. The fourth-order valence-electron chi connectivity index (χ4n) is 5.91. The second-order valence-electron chi connectivity index (χ2n) is 10.1. The largest absolute Gasteiger partial charge is 0.419 e. The van der Waals surface area contributed by atoms with Crippen molar-refractivity contribution in [2.24, 2.45) is 23.7 Å². The standard InChI is InChI=1S/C24H31F3N4O/c1-4-13(2)31-20(15-5-19(24(25,26)27)23(28)29-9-15)8-21(31)22-17-6-16(7-18(17)22)30(3)10-14-11-32-12-14/h5,8-9,13-14,16-18,22,28H,4,6-7,10-12H2,1-3H3/p+1. The molecule has 3 unspecified atom stereocenters. The molecule has 32 heavy (non-hydrogen) atoms. The van der Waals surface area contributed by atoms with E-state index in [0.717, 1.165) is 37.9 Å². The van der Waals surface area contributed by atoms with Crippen molar-refractivity contribution in [1.29, 1.82) is 0 Å². The number of hydrogen-bond acceptors (Lipinski definition) is 4. The molecule has 0 radical (unpaired) electrons. The molecule has 0 amide bonds. The van der Waals surface area contributed by atoms with Crippen LogP contribution in [0, 0.1) is 23.7 Å². The van der Waals surface area contributed by atoms with E-state index in [2.05, 4.69) is 41.4 Å². The van der Waals surface area contributed by atoms with E-state index in [1.165, 1.54) is 24.8 Å². The minimum Gasteiger partial charge on any atom is -0.383 e. The lowest BCUT2D eigenvalue weighted by atomic mass is 9.94. The molecule has 0 spiro atoms. The number of nitrogen functional groups attached to an aromatic ring is 1.